The second-order valence-electron chi connectivity index (χ2n) is 11.8. The van der Waals surface area contributed by atoms with Crippen molar-refractivity contribution in [3.63, 3.8) is 0 Å². The van der Waals surface area contributed by atoms with Gasteiger partial charge in [0.15, 0.2) is 0 Å². The van der Waals surface area contributed by atoms with E-state index in [4.69, 9.17) is 0 Å². The van der Waals surface area contributed by atoms with Gasteiger partial charge in [-0.05, 0) is 0 Å². The van der Waals surface area contributed by atoms with Gasteiger partial charge in [0, 0.05) is 0 Å². The van der Waals surface area contributed by atoms with Crippen LogP contribution in [0.2, 0.25) is 8.87 Å². The van der Waals surface area contributed by atoms with Gasteiger partial charge in [-0.3, -0.25) is 0 Å². The summed E-state index contributed by atoms with van der Waals surface area (Å²) in [6, 6.07) is 42.1. The van der Waals surface area contributed by atoms with Crippen LogP contribution in [-0.2, 0) is 3.43 Å². The molecule has 1 heterocycles. The summed E-state index contributed by atoms with van der Waals surface area (Å²) >= 11 is -3.31. The Hall–Kier alpha value is -2.84. The first-order chi connectivity index (χ1) is 19.3. The summed E-state index contributed by atoms with van der Waals surface area (Å²) in [6.07, 6.45) is 7.94. The summed E-state index contributed by atoms with van der Waals surface area (Å²) in [5.74, 6) is 0.296. The summed E-state index contributed by atoms with van der Waals surface area (Å²) in [5, 5.41) is 0. The number of rotatable bonds is 8. The van der Waals surface area contributed by atoms with Crippen molar-refractivity contribution in [2.45, 2.75) is 57.8 Å². The van der Waals surface area contributed by atoms with Crippen molar-refractivity contribution in [2.75, 3.05) is 0 Å². The van der Waals surface area contributed by atoms with Crippen LogP contribution in [0.15, 0.2) is 121 Å². The Kier molecular flexibility index (Phi) is 6.43. The molecule has 0 N–H and O–H groups in total. The molecule has 8 rings (SSSR count). The number of hydrogen-bond donors (Lipinski definition) is 0. The van der Waals surface area contributed by atoms with Gasteiger partial charge in [0.25, 0.3) is 0 Å². The Labute approximate surface area is 238 Å². The van der Waals surface area contributed by atoms with Crippen LogP contribution in [-0.4, -0.2) is 18.4 Å². The van der Waals surface area contributed by atoms with Gasteiger partial charge in [-0.2, -0.15) is 0 Å². The molecule has 3 aliphatic carbocycles. The molecule has 1 spiro atoms. The third-order valence-electron chi connectivity index (χ3n) is 9.94. The van der Waals surface area contributed by atoms with E-state index in [0.29, 0.717) is 5.92 Å². The number of hydrogen-bond acceptors (Lipinski definition) is 0. The average molecular weight is 613 g/mol. The second-order valence-corrected chi connectivity index (χ2v) is 24.5. The molecule has 0 aromatic heterocycles. The van der Waals surface area contributed by atoms with Crippen LogP contribution in [0.3, 0.4) is 0 Å². The van der Waals surface area contributed by atoms with E-state index in [1.165, 1.54) is 45.7 Å². The fourth-order valence-corrected chi connectivity index (χ4v) is 29.1. The van der Waals surface area contributed by atoms with Crippen molar-refractivity contribution in [3.05, 3.63) is 154 Å². The Bertz CT molecular complexity index is 1520. The average Bonchev–Trinajstić information content (AvgIpc) is 3.31. The molecule has 0 nitrogen and oxygen atoms in total. The normalized spacial score (nSPS) is 21.8. The minimum atomic E-state index is -3.31. The topological polar surface area (TPSA) is 0 Å². The van der Waals surface area contributed by atoms with Gasteiger partial charge in [-0.15, -0.1) is 0 Å². The molecule has 194 valence electrons. The molecule has 4 aliphatic rings. The molecule has 2 bridgehead atoms. The van der Waals surface area contributed by atoms with Crippen molar-refractivity contribution in [1.29, 1.82) is 0 Å². The molecule has 0 atom stereocenters. The number of allylic oxidation sites excluding steroid dienone is 3. The summed E-state index contributed by atoms with van der Waals surface area (Å²) in [4.78, 5) is 0. The maximum atomic E-state index is 2.76. The molecule has 4 aromatic rings. The van der Waals surface area contributed by atoms with Crippen LogP contribution in [0.4, 0.5) is 0 Å². The molecule has 0 saturated heterocycles. The third kappa shape index (κ3) is 3.43. The molecule has 0 saturated carbocycles. The van der Waals surface area contributed by atoms with E-state index in [-0.39, 0.29) is 3.43 Å². The summed E-state index contributed by atoms with van der Waals surface area (Å²) in [7, 11) is 0. The first-order valence-corrected chi connectivity index (χ1v) is 21.9. The molecular formula is C38H38Sn. The number of benzene rings is 4. The summed E-state index contributed by atoms with van der Waals surface area (Å²) < 4.78 is 4.61. The van der Waals surface area contributed by atoms with Gasteiger partial charge in [0.2, 0.25) is 0 Å². The van der Waals surface area contributed by atoms with E-state index in [1.54, 1.807) is 37.0 Å². The van der Waals surface area contributed by atoms with E-state index in [2.05, 4.69) is 129 Å². The van der Waals surface area contributed by atoms with Crippen LogP contribution >= 0.6 is 0 Å². The zero-order valence-corrected chi connectivity index (χ0v) is 26.1. The zero-order valence-electron chi connectivity index (χ0n) is 23.3. The van der Waals surface area contributed by atoms with Crippen molar-refractivity contribution in [1.82, 2.24) is 0 Å². The van der Waals surface area contributed by atoms with Crippen LogP contribution in [0.1, 0.15) is 78.8 Å². The second kappa shape index (κ2) is 9.97. The maximum absolute atomic E-state index is 3.31. The van der Waals surface area contributed by atoms with Crippen molar-refractivity contribution < 1.29 is 0 Å². The molecule has 0 unspecified atom stereocenters. The fourth-order valence-electron chi connectivity index (χ4n) is 8.54. The minimum absolute atomic E-state index is 0.0251. The van der Waals surface area contributed by atoms with Gasteiger partial charge < -0.3 is 0 Å². The van der Waals surface area contributed by atoms with E-state index in [9.17, 15) is 0 Å². The quantitative estimate of drug-likeness (QED) is 0.174. The Morgan fingerprint density at radius 2 is 1.08 bits per heavy atom. The van der Waals surface area contributed by atoms with Gasteiger partial charge >= 0.3 is 240 Å². The predicted octanol–water partition coefficient (Wildman–Crippen LogP) is 10.1. The molecular weight excluding hydrogens is 575 g/mol. The van der Waals surface area contributed by atoms with E-state index in [0.717, 1.165) is 0 Å². The fraction of sp³-hybridized carbons (Fsp3) is 0.263. The standard InChI is InChI=1S/C30H20.2C4H9.Sn/c1-3-11-21(12-4-1)19-20-27-28(22-13-5-2-6-14-22)30-25-17-9-7-15-23(25)29(27)24-16-8-10-18-26(24)30;2*1-3-4-2;/h1-18,20,30H;2*1,3-4H2,2H3;. The van der Waals surface area contributed by atoms with Crippen LogP contribution in [0, 0.1) is 0 Å². The molecule has 1 heteroatoms. The Morgan fingerprint density at radius 3 is 1.62 bits per heavy atom. The van der Waals surface area contributed by atoms with Crippen LogP contribution in [0.5, 0.6) is 0 Å². The van der Waals surface area contributed by atoms with Gasteiger partial charge in [-0.25, -0.2) is 0 Å². The first kappa shape index (κ1) is 25.1. The van der Waals surface area contributed by atoms with Gasteiger partial charge in [0.05, 0.1) is 0 Å². The Balaban J connectivity index is 1.67. The predicted molar refractivity (Wildman–Crippen MR) is 168 cm³/mol. The number of unbranched alkanes of at least 4 members (excludes halogenated alkanes) is 2. The van der Waals surface area contributed by atoms with Crippen LogP contribution < -0.4 is 0 Å². The van der Waals surface area contributed by atoms with Crippen LogP contribution in [0.25, 0.3) is 9.16 Å². The SMILES string of the molecule is CCC[CH2][Sn]1([CH2]CCC)[C](c2ccccc2)=CC2=C(c3ccccc3)C3c4ccccc4[C]21c1ccccc13. The Morgan fingerprint density at radius 1 is 0.590 bits per heavy atom. The first-order valence-electron chi connectivity index (χ1n) is 15.0. The van der Waals surface area contributed by atoms with E-state index < -0.39 is 18.4 Å². The zero-order chi connectivity index (χ0) is 26.5. The van der Waals surface area contributed by atoms with Gasteiger partial charge in [-0.1, -0.05) is 0 Å². The monoisotopic (exact) mass is 614 g/mol. The van der Waals surface area contributed by atoms with Crippen molar-refractivity contribution in [2.24, 2.45) is 0 Å². The van der Waals surface area contributed by atoms with E-state index in [1.807, 2.05) is 0 Å². The van der Waals surface area contributed by atoms with Gasteiger partial charge in [0.1, 0.15) is 0 Å². The van der Waals surface area contributed by atoms with E-state index >= 15 is 0 Å². The van der Waals surface area contributed by atoms with Crippen molar-refractivity contribution in [3.8, 4) is 0 Å². The molecule has 0 fully saturated rings. The summed E-state index contributed by atoms with van der Waals surface area (Å²) in [6.45, 7) is 4.79. The molecule has 1 aliphatic heterocycles. The third-order valence-corrected chi connectivity index (χ3v) is 27.4. The van der Waals surface area contributed by atoms with Crippen molar-refractivity contribution >= 4 is 27.5 Å². The molecule has 39 heavy (non-hydrogen) atoms. The molecule has 4 aromatic carbocycles. The molecule has 0 radical (unpaired) electrons. The molecule has 0 amide bonds. The summed E-state index contributed by atoms with van der Waals surface area (Å²) in [5.41, 5.74) is 12.5.